The third-order valence-electron chi connectivity index (χ3n) is 5.27. The van der Waals surface area contributed by atoms with E-state index in [9.17, 15) is 22.4 Å². The minimum absolute atomic E-state index is 0.218. The van der Waals surface area contributed by atoms with Crippen LogP contribution in [-0.2, 0) is 6.18 Å². The molecule has 1 atom stereocenters. The quantitative estimate of drug-likeness (QED) is 0.345. The van der Waals surface area contributed by atoms with Crippen LogP contribution in [0.15, 0.2) is 71.7 Å². The first-order valence-electron chi connectivity index (χ1n) is 10.3. The van der Waals surface area contributed by atoms with Crippen LogP contribution in [0.1, 0.15) is 40.1 Å². The van der Waals surface area contributed by atoms with E-state index >= 15 is 0 Å². The molecule has 1 amide bonds. The van der Waals surface area contributed by atoms with Crippen molar-refractivity contribution < 1.29 is 26.8 Å². The monoisotopic (exact) mass is 469 g/mol. The molecule has 0 spiro atoms. The number of alkyl halides is 3. The smallest absolute Gasteiger partial charge is 0.433 e. The summed E-state index contributed by atoms with van der Waals surface area (Å²) < 4.78 is 58.3. The lowest BCUT2D eigenvalue weighted by atomic mass is 9.97. The highest BCUT2D eigenvalue weighted by Crippen LogP contribution is 2.31. The van der Waals surface area contributed by atoms with Crippen LogP contribution >= 0.6 is 0 Å². The number of carbonyl (C=O) groups excluding carboxylic acids is 1. The van der Waals surface area contributed by atoms with Gasteiger partial charge in [-0.3, -0.25) is 9.78 Å². The molecule has 0 aliphatic carbocycles. The Balaban J connectivity index is 1.66. The average molecular weight is 469 g/mol. The van der Waals surface area contributed by atoms with Gasteiger partial charge in [0.2, 0.25) is 0 Å². The molecule has 34 heavy (non-hydrogen) atoms. The minimum atomic E-state index is -4.55. The number of amides is 1. The summed E-state index contributed by atoms with van der Waals surface area (Å²) in [6, 6.07) is 11.1. The Morgan fingerprint density at radius 3 is 2.41 bits per heavy atom. The van der Waals surface area contributed by atoms with Gasteiger partial charge in [-0.1, -0.05) is 18.2 Å². The first kappa shape index (κ1) is 23.2. The van der Waals surface area contributed by atoms with Gasteiger partial charge in [0.05, 0.1) is 12.2 Å². The Hall–Kier alpha value is -4.01. The molecule has 0 aliphatic rings. The van der Waals surface area contributed by atoms with Crippen molar-refractivity contribution >= 4 is 5.91 Å². The Morgan fingerprint density at radius 1 is 1.03 bits per heavy atom. The van der Waals surface area contributed by atoms with Crippen LogP contribution < -0.4 is 5.32 Å². The number of aromatic nitrogens is 2. The van der Waals surface area contributed by atoms with E-state index in [2.05, 4.69) is 15.3 Å². The van der Waals surface area contributed by atoms with Gasteiger partial charge in [0.15, 0.2) is 12.2 Å². The summed E-state index contributed by atoms with van der Waals surface area (Å²) in [7, 11) is 0. The molecule has 174 valence electrons. The molecule has 0 radical (unpaired) electrons. The largest absolute Gasteiger partial charge is 0.444 e. The number of hydrogen-bond donors (Lipinski definition) is 1. The van der Waals surface area contributed by atoms with Crippen LogP contribution in [0, 0.1) is 12.7 Å². The third kappa shape index (κ3) is 4.98. The van der Waals surface area contributed by atoms with Crippen LogP contribution in [-0.4, -0.2) is 15.9 Å². The van der Waals surface area contributed by atoms with E-state index in [1.165, 1.54) is 24.7 Å². The summed E-state index contributed by atoms with van der Waals surface area (Å²) in [5, 5.41) is 2.75. The van der Waals surface area contributed by atoms with Crippen LogP contribution in [0.25, 0.3) is 22.5 Å². The van der Waals surface area contributed by atoms with Crippen molar-refractivity contribution in [2.45, 2.75) is 26.1 Å². The lowest BCUT2D eigenvalue weighted by Gasteiger charge is -2.16. The number of halogens is 4. The van der Waals surface area contributed by atoms with Gasteiger partial charge in [-0.25, -0.2) is 9.37 Å². The van der Waals surface area contributed by atoms with Gasteiger partial charge in [-0.05, 0) is 60.9 Å². The molecule has 0 saturated carbocycles. The first-order chi connectivity index (χ1) is 16.1. The topological polar surface area (TPSA) is 68.0 Å². The van der Waals surface area contributed by atoms with Gasteiger partial charge >= 0.3 is 6.18 Å². The number of nitrogens with zero attached hydrogens (tertiary/aromatic N) is 2. The van der Waals surface area contributed by atoms with E-state index in [0.717, 1.165) is 17.8 Å². The lowest BCUT2D eigenvalue weighted by Crippen LogP contribution is -2.27. The number of carbonyl (C=O) groups is 1. The highest BCUT2D eigenvalue weighted by Gasteiger charge is 2.32. The number of hydrogen-bond acceptors (Lipinski definition) is 4. The predicted octanol–water partition coefficient (Wildman–Crippen LogP) is 6.36. The van der Waals surface area contributed by atoms with Crippen molar-refractivity contribution in [3.05, 3.63) is 95.5 Å². The number of rotatable bonds is 5. The number of nitrogens with one attached hydrogen (secondary N) is 1. The van der Waals surface area contributed by atoms with Crippen molar-refractivity contribution in [2.75, 3.05) is 0 Å². The fourth-order valence-corrected chi connectivity index (χ4v) is 3.46. The van der Waals surface area contributed by atoms with Gasteiger partial charge < -0.3 is 9.73 Å². The van der Waals surface area contributed by atoms with Crippen molar-refractivity contribution in [1.29, 1.82) is 0 Å². The molecule has 1 N–H and O–H groups in total. The zero-order chi connectivity index (χ0) is 24.5. The molecule has 4 rings (SSSR count). The maximum absolute atomic E-state index is 14.7. The molecule has 0 bridgehead atoms. The molecule has 2 aromatic heterocycles. The molecule has 4 aromatic rings. The maximum Gasteiger partial charge on any atom is 0.433 e. The molecular formula is C25H19F4N3O2. The third-order valence-corrected chi connectivity index (χ3v) is 5.27. The molecule has 9 heteroatoms. The Kier molecular flexibility index (Phi) is 6.19. The molecule has 5 nitrogen and oxygen atoms in total. The number of benzene rings is 2. The van der Waals surface area contributed by atoms with Crippen LogP contribution in [0.3, 0.4) is 0 Å². The Bertz CT molecular complexity index is 1320. The van der Waals surface area contributed by atoms with Crippen LogP contribution in [0.4, 0.5) is 17.6 Å². The molecule has 0 fully saturated rings. The van der Waals surface area contributed by atoms with E-state index in [1.807, 2.05) is 0 Å². The SMILES string of the molecule is Cc1ccc(-c2cc(C(=O)N[C@H](C)c3ccc(C(F)(F)F)nc3)cc(-c3cnco3)c2)c(F)c1. The van der Waals surface area contributed by atoms with E-state index in [4.69, 9.17) is 4.42 Å². The highest BCUT2D eigenvalue weighted by atomic mass is 19.4. The summed E-state index contributed by atoms with van der Waals surface area (Å²) in [4.78, 5) is 20.4. The predicted molar refractivity (Wildman–Crippen MR) is 117 cm³/mol. The summed E-state index contributed by atoms with van der Waals surface area (Å²) in [5.41, 5.74) is 1.64. The van der Waals surface area contributed by atoms with Gasteiger partial charge in [0.1, 0.15) is 11.5 Å². The van der Waals surface area contributed by atoms with Crippen molar-refractivity contribution in [2.24, 2.45) is 0 Å². The van der Waals surface area contributed by atoms with Gasteiger partial charge in [0.25, 0.3) is 5.91 Å². The molecule has 0 aliphatic heterocycles. The van der Waals surface area contributed by atoms with Crippen LogP contribution in [0.2, 0.25) is 0 Å². The molecule has 0 unspecified atom stereocenters. The first-order valence-corrected chi connectivity index (χ1v) is 10.3. The van der Waals surface area contributed by atoms with E-state index in [0.29, 0.717) is 28.0 Å². The fraction of sp³-hybridized carbons (Fsp3) is 0.160. The summed E-state index contributed by atoms with van der Waals surface area (Å²) in [6.07, 6.45) is -0.754. The molecule has 2 aromatic carbocycles. The van der Waals surface area contributed by atoms with Crippen LogP contribution in [0.5, 0.6) is 0 Å². The fourth-order valence-electron chi connectivity index (χ4n) is 3.46. The Morgan fingerprint density at radius 2 is 1.79 bits per heavy atom. The van der Waals surface area contributed by atoms with E-state index in [-0.39, 0.29) is 5.56 Å². The lowest BCUT2D eigenvalue weighted by molar-refractivity contribution is -0.141. The number of aryl methyl sites for hydroxylation is 1. The van der Waals surface area contributed by atoms with Crippen molar-refractivity contribution in [3.63, 3.8) is 0 Å². The molecule has 0 saturated heterocycles. The Labute approximate surface area is 192 Å². The van der Waals surface area contributed by atoms with Gasteiger partial charge in [0, 0.05) is 22.9 Å². The second kappa shape index (κ2) is 9.09. The second-order valence-corrected chi connectivity index (χ2v) is 7.82. The highest BCUT2D eigenvalue weighted by molar-refractivity contribution is 5.97. The summed E-state index contributed by atoms with van der Waals surface area (Å²) >= 11 is 0. The average Bonchev–Trinajstić information content (AvgIpc) is 3.33. The molecular weight excluding hydrogens is 450 g/mol. The zero-order valence-corrected chi connectivity index (χ0v) is 18.2. The van der Waals surface area contributed by atoms with E-state index < -0.39 is 29.6 Å². The molecule has 2 heterocycles. The van der Waals surface area contributed by atoms with Gasteiger partial charge in [-0.15, -0.1) is 0 Å². The maximum atomic E-state index is 14.7. The van der Waals surface area contributed by atoms with Crippen molar-refractivity contribution in [1.82, 2.24) is 15.3 Å². The number of oxazole rings is 1. The summed E-state index contributed by atoms with van der Waals surface area (Å²) in [5.74, 6) is -0.545. The standard InChI is InChI=1S/C25H19F4N3O2/c1-14-3-5-20(21(26)7-14)17-8-18(22-12-30-13-34-22)10-19(9-17)24(33)32-15(2)16-4-6-23(31-11-16)25(27,28)29/h3-13,15H,1-2H3,(H,32,33)/t15-/m1/s1. The zero-order valence-electron chi connectivity index (χ0n) is 18.2. The minimum Gasteiger partial charge on any atom is -0.444 e. The summed E-state index contributed by atoms with van der Waals surface area (Å²) in [6.45, 7) is 3.40. The van der Waals surface area contributed by atoms with Gasteiger partial charge in [-0.2, -0.15) is 13.2 Å². The second-order valence-electron chi connectivity index (χ2n) is 7.82. The number of pyridine rings is 1. The van der Waals surface area contributed by atoms with Crippen molar-refractivity contribution in [3.8, 4) is 22.5 Å². The normalized spacial score (nSPS) is 12.4. The van der Waals surface area contributed by atoms with E-state index in [1.54, 1.807) is 44.2 Å².